The summed E-state index contributed by atoms with van der Waals surface area (Å²) in [6, 6.07) is 0. The first-order chi connectivity index (χ1) is 10.1. The number of rotatable bonds is 6. The zero-order valence-electron chi connectivity index (χ0n) is 12.4. The summed E-state index contributed by atoms with van der Waals surface area (Å²) in [5, 5.41) is 17.5. The molecule has 2 rings (SSSR count). The molecular weight excluding hydrogens is 274 g/mol. The molecule has 116 valence electrons. The van der Waals surface area contributed by atoms with Crippen LogP contribution >= 0.6 is 0 Å². The van der Waals surface area contributed by atoms with Crippen molar-refractivity contribution in [3.63, 3.8) is 0 Å². The zero-order chi connectivity index (χ0) is 15.3. The van der Waals surface area contributed by atoms with Gasteiger partial charge < -0.3 is 15.4 Å². The Hall–Kier alpha value is -1.96. The van der Waals surface area contributed by atoms with Crippen molar-refractivity contribution in [3.8, 4) is 0 Å². The average molecular weight is 295 g/mol. The second-order valence-corrected chi connectivity index (χ2v) is 5.45. The Morgan fingerprint density at radius 3 is 2.86 bits per heavy atom. The van der Waals surface area contributed by atoms with Crippen LogP contribution < -0.4 is 10.6 Å². The van der Waals surface area contributed by atoms with E-state index in [9.17, 15) is 10.1 Å². The van der Waals surface area contributed by atoms with Crippen LogP contribution in [0, 0.1) is 10.1 Å². The summed E-state index contributed by atoms with van der Waals surface area (Å²) in [6.07, 6.45) is 3.99. The Kier molecular flexibility index (Phi) is 4.89. The molecule has 0 amide bonds. The van der Waals surface area contributed by atoms with Crippen LogP contribution in [-0.4, -0.2) is 40.2 Å². The van der Waals surface area contributed by atoms with Crippen LogP contribution in [0.25, 0.3) is 0 Å². The summed E-state index contributed by atoms with van der Waals surface area (Å²) in [5.74, 6) is 0.487. The highest BCUT2D eigenvalue weighted by molar-refractivity contribution is 5.69. The third-order valence-corrected chi connectivity index (χ3v) is 3.41. The summed E-state index contributed by atoms with van der Waals surface area (Å²) in [7, 11) is 0. The Bertz CT molecular complexity index is 503. The molecule has 0 aromatic carbocycles. The van der Waals surface area contributed by atoms with Crippen LogP contribution in [-0.2, 0) is 4.74 Å². The van der Waals surface area contributed by atoms with Gasteiger partial charge in [0.15, 0.2) is 0 Å². The van der Waals surface area contributed by atoms with Gasteiger partial charge in [0.2, 0.25) is 11.6 Å². The smallest absolute Gasteiger partial charge is 0.353 e. The minimum absolute atomic E-state index is 0.113. The molecule has 1 aromatic heterocycles. The molecule has 8 heteroatoms. The highest BCUT2D eigenvalue weighted by atomic mass is 16.6. The molecule has 0 bridgehead atoms. The van der Waals surface area contributed by atoms with Gasteiger partial charge in [-0.25, -0.2) is 9.97 Å². The normalized spacial score (nSPS) is 21.8. The lowest BCUT2D eigenvalue weighted by Gasteiger charge is -2.34. The number of nitrogens with zero attached hydrogens (tertiary/aromatic N) is 3. The molecule has 1 aliphatic rings. The van der Waals surface area contributed by atoms with Crippen molar-refractivity contribution >= 4 is 17.3 Å². The van der Waals surface area contributed by atoms with Crippen LogP contribution in [0.5, 0.6) is 0 Å². The molecule has 2 heterocycles. The average Bonchev–Trinajstić information content (AvgIpc) is 2.45. The molecule has 1 aromatic rings. The van der Waals surface area contributed by atoms with Gasteiger partial charge >= 0.3 is 5.69 Å². The zero-order valence-corrected chi connectivity index (χ0v) is 12.4. The van der Waals surface area contributed by atoms with Gasteiger partial charge in [0, 0.05) is 13.2 Å². The second-order valence-electron chi connectivity index (χ2n) is 5.45. The van der Waals surface area contributed by atoms with Crippen LogP contribution in [0.4, 0.5) is 17.3 Å². The van der Waals surface area contributed by atoms with Gasteiger partial charge in [0.25, 0.3) is 0 Å². The van der Waals surface area contributed by atoms with E-state index in [2.05, 4.69) is 20.6 Å². The maximum atomic E-state index is 11.4. The fourth-order valence-corrected chi connectivity index (χ4v) is 2.33. The molecule has 2 N–H and O–H groups in total. The highest BCUT2D eigenvalue weighted by Gasteiger charge is 2.32. The molecule has 0 saturated carbocycles. The Morgan fingerprint density at radius 2 is 2.24 bits per heavy atom. The molecule has 1 atom stereocenters. The summed E-state index contributed by atoms with van der Waals surface area (Å²) >= 11 is 0. The van der Waals surface area contributed by atoms with Crippen molar-refractivity contribution in [1.82, 2.24) is 9.97 Å². The predicted octanol–water partition coefficient (Wildman–Crippen LogP) is 2.19. The number of anilines is 2. The Morgan fingerprint density at radius 1 is 1.48 bits per heavy atom. The first-order valence-corrected chi connectivity index (χ1v) is 7.15. The molecule has 0 spiro atoms. The van der Waals surface area contributed by atoms with Crippen molar-refractivity contribution in [3.05, 3.63) is 16.4 Å². The van der Waals surface area contributed by atoms with Gasteiger partial charge in [-0.3, -0.25) is 10.1 Å². The maximum Gasteiger partial charge on any atom is 0.353 e. The number of nitrogens with one attached hydrogen (secondary N) is 2. The quantitative estimate of drug-likeness (QED) is 0.612. The van der Waals surface area contributed by atoms with E-state index in [0.29, 0.717) is 13.2 Å². The van der Waals surface area contributed by atoms with Crippen molar-refractivity contribution in [1.29, 1.82) is 0 Å². The third kappa shape index (κ3) is 3.78. The fraction of sp³-hybridized carbons (Fsp3) is 0.692. The monoisotopic (exact) mass is 295 g/mol. The van der Waals surface area contributed by atoms with Gasteiger partial charge in [0.1, 0.15) is 6.33 Å². The predicted molar refractivity (Wildman–Crippen MR) is 79.5 cm³/mol. The summed E-state index contributed by atoms with van der Waals surface area (Å²) in [4.78, 5) is 18.9. The number of aromatic nitrogens is 2. The van der Waals surface area contributed by atoms with E-state index in [0.717, 1.165) is 25.9 Å². The van der Waals surface area contributed by atoms with Gasteiger partial charge in [-0.1, -0.05) is 6.92 Å². The van der Waals surface area contributed by atoms with Crippen molar-refractivity contribution in [2.45, 2.75) is 38.6 Å². The van der Waals surface area contributed by atoms with E-state index in [1.807, 2.05) is 13.8 Å². The largest absolute Gasteiger partial charge is 0.379 e. The topological polar surface area (TPSA) is 102 Å². The molecule has 0 aliphatic carbocycles. The minimum Gasteiger partial charge on any atom is -0.379 e. The van der Waals surface area contributed by atoms with Gasteiger partial charge in [-0.15, -0.1) is 0 Å². The Balaban J connectivity index is 2.27. The molecule has 1 unspecified atom stereocenters. The van der Waals surface area contributed by atoms with E-state index in [4.69, 9.17) is 4.74 Å². The number of nitro groups is 1. The SMILES string of the molecule is CCCNc1ncnc(NC2(C)CCCOC2)c1[N+](=O)[O-]. The fourth-order valence-electron chi connectivity index (χ4n) is 2.33. The van der Waals surface area contributed by atoms with E-state index >= 15 is 0 Å². The number of hydrogen-bond donors (Lipinski definition) is 2. The first-order valence-electron chi connectivity index (χ1n) is 7.15. The summed E-state index contributed by atoms with van der Waals surface area (Å²) in [5.41, 5.74) is -0.461. The van der Waals surface area contributed by atoms with Gasteiger partial charge in [-0.2, -0.15) is 0 Å². The molecule has 0 radical (unpaired) electrons. The summed E-state index contributed by atoms with van der Waals surface area (Å²) < 4.78 is 5.46. The standard InChI is InChI=1S/C13H21N5O3/c1-3-6-14-11-10(18(19)20)12(16-9-15-11)17-13(2)5-4-7-21-8-13/h9H,3-8H2,1-2H3,(H2,14,15,16,17). The first kappa shape index (κ1) is 15.4. The lowest BCUT2D eigenvalue weighted by molar-refractivity contribution is -0.383. The minimum atomic E-state index is -0.451. The molecule has 1 saturated heterocycles. The molecular formula is C13H21N5O3. The van der Waals surface area contributed by atoms with E-state index < -0.39 is 4.92 Å². The van der Waals surface area contributed by atoms with Crippen LogP contribution in [0.15, 0.2) is 6.33 Å². The molecule has 1 aliphatic heterocycles. The highest BCUT2D eigenvalue weighted by Crippen LogP contribution is 2.32. The Labute approximate surface area is 123 Å². The molecule has 21 heavy (non-hydrogen) atoms. The van der Waals surface area contributed by atoms with E-state index in [1.54, 1.807) is 0 Å². The van der Waals surface area contributed by atoms with Crippen LogP contribution in [0.1, 0.15) is 33.1 Å². The van der Waals surface area contributed by atoms with Crippen molar-refractivity contribution in [2.24, 2.45) is 0 Å². The van der Waals surface area contributed by atoms with Crippen molar-refractivity contribution in [2.75, 3.05) is 30.4 Å². The van der Waals surface area contributed by atoms with Crippen molar-refractivity contribution < 1.29 is 9.66 Å². The van der Waals surface area contributed by atoms with Gasteiger partial charge in [0.05, 0.1) is 17.1 Å². The number of hydrogen-bond acceptors (Lipinski definition) is 7. The second kappa shape index (κ2) is 6.66. The number of ether oxygens (including phenoxy) is 1. The van der Waals surface area contributed by atoms with E-state index in [-0.39, 0.29) is 22.9 Å². The third-order valence-electron chi connectivity index (χ3n) is 3.41. The lowest BCUT2D eigenvalue weighted by Crippen LogP contribution is -2.43. The van der Waals surface area contributed by atoms with Gasteiger partial charge in [-0.05, 0) is 26.2 Å². The molecule has 1 fully saturated rings. The van der Waals surface area contributed by atoms with E-state index in [1.165, 1.54) is 6.33 Å². The summed E-state index contributed by atoms with van der Waals surface area (Å²) in [6.45, 7) is 5.83. The molecule has 8 nitrogen and oxygen atoms in total. The maximum absolute atomic E-state index is 11.4. The lowest BCUT2D eigenvalue weighted by atomic mass is 9.95. The van der Waals surface area contributed by atoms with Crippen LogP contribution in [0.3, 0.4) is 0 Å². The van der Waals surface area contributed by atoms with Crippen LogP contribution in [0.2, 0.25) is 0 Å².